The number of hydrogen-bond acceptors (Lipinski definition) is 7. The van der Waals surface area contributed by atoms with Crippen LogP contribution in [0.2, 0.25) is 0 Å². The van der Waals surface area contributed by atoms with Gasteiger partial charge in [-0.1, -0.05) is 72.1 Å². The minimum Gasteiger partial charge on any atom is -0.347 e. The summed E-state index contributed by atoms with van der Waals surface area (Å²) in [6.45, 7) is 10.2. The zero-order valence-corrected chi connectivity index (χ0v) is 34.3. The molecule has 6 rings (SSSR count). The number of ketones is 1. The van der Waals surface area contributed by atoms with Crippen molar-refractivity contribution in [2.75, 3.05) is 19.3 Å². The van der Waals surface area contributed by atoms with Crippen LogP contribution < -0.4 is 21.3 Å². The number of rotatable bonds is 16. The highest BCUT2D eigenvalue weighted by molar-refractivity contribution is 7.89. The van der Waals surface area contributed by atoms with Crippen molar-refractivity contribution >= 4 is 39.6 Å². The minimum absolute atomic E-state index is 0.0127. The van der Waals surface area contributed by atoms with Crippen molar-refractivity contribution in [1.82, 2.24) is 30.5 Å². The zero-order chi connectivity index (χ0) is 39.2. The van der Waals surface area contributed by atoms with Crippen molar-refractivity contribution in [2.24, 2.45) is 28.6 Å². The van der Waals surface area contributed by atoms with Crippen LogP contribution in [-0.2, 0) is 29.2 Å². The van der Waals surface area contributed by atoms with E-state index in [-0.39, 0.29) is 41.0 Å². The van der Waals surface area contributed by atoms with Gasteiger partial charge in [-0.3, -0.25) is 19.2 Å². The number of amides is 5. The predicted molar refractivity (Wildman–Crippen MR) is 205 cm³/mol. The van der Waals surface area contributed by atoms with Gasteiger partial charge in [0.1, 0.15) is 12.1 Å². The van der Waals surface area contributed by atoms with Crippen LogP contribution in [0.1, 0.15) is 137 Å². The summed E-state index contributed by atoms with van der Waals surface area (Å²) in [5, 5.41) is 11.9. The van der Waals surface area contributed by atoms with Crippen LogP contribution in [0.5, 0.6) is 0 Å². The summed E-state index contributed by atoms with van der Waals surface area (Å²) in [7, 11) is -2.12. The van der Waals surface area contributed by atoms with E-state index in [9.17, 15) is 32.4 Å². The molecule has 0 radical (unpaired) electrons. The number of nitrogens with zero attached hydrogens (tertiary/aromatic N) is 2. The van der Waals surface area contributed by atoms with Crippen LogP contribution in [0, 0.1) is 28.6 Å². The second-order valence-corrected chi connectivity index (χ2v) is 21.1. The van der Waals surface area contributed by atoms with E-state index in [2.05, 4.69) is 35.1 Å². The standard InChI is InChI=1S/C40H66N6O7S/c1-25(2)45(6)54(52,53)24-40(21-11-8-12-22-40)44-37(51)43-33(39(5)19-9-7-10-20-39)36(50)46-23-28-30(38(28,3)4)31(46)34(48)42-29(18-15-26-13-14-26)32(47)35(49)41-27-16-17-27/h25-31,33H,7-24H2,1-6H3,(H,41,49)(H,42,48)(H2,43,44,51). The Bertz CT molecular complexity index is 1560. The maximum Gasteiger partial charge on any atom is 0.315 e. The van der Waals surface area contributed by atoms with Gasteiger partial charge in [-0.25, -0.2) is 17.5 Å². The Balaban J connectivity index is 1.23. The third-order valence-corrected chi connectivity index (χ3v) is 16.3. The molecule has 5 amide bonds. The number of Topliss-reactive ketones (excluding diaryl/α,β-unsaturated/α-hetero) is 1. The number of likely N-dealkylation sites (tertiary alicyclic amines) is 1. The summed E-state index contributed by atoms with van der Waals surface area (Å²) in [5.41, 5.74) is -1.74. The van der Waals surface area contributed by atoms with Gasteiger partial charge in [-0.05, 0) is 93.8 Å². The van der Waals surface area contributed by atoms with Gasteiger partial charge in [0.15, 0.2) is 0 Å². The fourth-order valence-corrected chi connectivity index (χ4v) is 11.8. The Morgan fingerprint density at radius 2 is 1.46 bits per heavy atom. The van der Waals surface area contributed by atoms with Crippen molar-refractivity contribution in [3.8, 4) is 0 Å². The molecule has 5 aliphatic carbocycles. The van der Waals surface area contributed by atoms with Crippen molar-refractivity contribution in [3.63, 3.8) is 0 Å². The van der Waals surface area contributed by atoms with Gasteiger partial charge in [0, 0.05) is 25.7 Å². The van der Waals surface area contributed by atoms with Gasteiger partial charge in [0.05, 0.1) is 17.3 Å². The van der Waals surface area contributed by atoms with Crippen LogP contribution in [0.3, 0.4) is 0 Å². The number of hydrogen-bond donors (Lipinski definition) is 4. The van der Waals surface area contributed by atoms with E-state index < -0.39 is 62.7 Å². The molecule has 0 aromatic rings. The maximum absolute atomic E-state index is 15.0. The molecule has 1 heterocycles. The summed E-state index contributed by atoms with van der Waals surface area (Å²) >= 11 is 0. The molecule has 14 heteroatoms. The lowest BCUT2D eigenvalue weighted by molar-refractivity contribution is -0.146. The largest absolute Gasteiger partial charge is 0.347 e. The number of nitrogens with one attached hydrogen (secondary N) is 4. The van der Waals surface area contributed by atoms with Crippen LogP contribution >= 0.6 is 0 Å². The molecule has 54 heavy (non-hydrogen) atoms. The zero-order valence-electron chi connectivity index (χ0n) is 33.5. The number of piperidine rings is 1. The van der Waals surface area contributed by atoms with Crippen LogP contribution in [0.4, 0.5) is 4.79 Å². The minimum atomic E-state index is -3.69. The van der Waals surface area contributed by atoms with Gasteiger partial charge in [0.25, 0.3) is 5.91 Å². The molecule has 0 spiro atoms. The van der Waals surface area contributed by atoms with Crippen LogP contribution in [-0.4, -0.2) is 102 Å². The van der Waals surface area contributed by atoms with Crippen molar-refractivity contribution in [3.05, 3.63) is 0 Å². The summed E-state index contributed by atoms with van der Waals surface area (Å²) in [4.78, 5) is 71.5. The smallest absolute Gasteiger partial charge is 0.315 e. The number of fused-ring (bicyclic) bond motifs is 1. The molecule has 6 fully saturated rings. The van der Waals surface area contributed by atoms with Crippen LogP contribution in [0.25, 0.3) is 0 Å². The normalized spacial score (nSPS) is 28.1. The van der Waals surface area contributed by atoms with Gasteiger partial charge >= 0.3 is 6.03 Å². The average molecular weight is 775 g/mol. The van der Waals surface area contributed by atoms with E-state index in [1.807, 2.05) is 20.8 Å². The van der Waals surface area contributed by atoms with E-state index in [1.165, 1.54) is 4.31 Å². The van der Waals surface area contributed by atoms with Gasteiger partial charge in [-0.2, -0.15) is 0 Å². The Kier molecular flexibility index (Phi) is 11.9. The van der Waals surface area contributed by atoms with Gasteiger partial charge in [0.2, 0.25) is 27.6 Å². The van der Waals surface area contributed by atoms with E-state index >= 15 is 0 Å². The molecule has 4 N–H and O–H groups in total. The Hall–Kier alpha value is -2.74. The number of carbonyl (C=O) groups is 5. The first-order chi connectivity index (χ1) is 25.4. The molecule has 0 aromatic carbocycles. The van der Waals surface area contributed by atoms with Gasteiger partial charge < -0.3 is 26.2 Å². The van der Waals surface area contributed by atoms with E-state index in [0.717, 1.165) is 83.5 Å². The molecule has 1 aliphatic heterocycles. The summed E-state index contributed by atoms with van der Waals surface area (Å²) < 4.78 is 28.4. The maximum atomic E-state index is 15.0. The van der Waals surface area contributed by atoms with Gasteiger partial charge in [-0.15, -0.1) is 0 Å². The highest BCUT2D eigenvalue weighted by Crippen LogP contribution is 2.65. The molecular weight excluding hydrogens is 709 g/mol. The van der Waals surface area contributed by atoms with E-state index in [1.54, 1.807) is 11.9 Å². The van der Waals surface area contributed by atoms with Crippen molar-refractivity contribution in [1.29, 1.82) is 0 Å². The SMILES string of the molecule is CC(C)N(C)S(=O)(=O)CC1(NC(=O)NC(C(=O)N2CC3C(C2C(=O)NC(CCC2CC2)C(=O)C(=O)NC2CC2)C3(C)C)C2(C)CCCCC2)CCCCC1. The highest BCUT2D eigenvalue weighted by atomic mass is 32.2. The first kappa shape index (κ1) is 40.9. The second-order valence-electron chi connectivity index (χ2n) is 19.0. The Morgan fingerprint density at radius 3 is 2.04 bits per heavy atom. The van der Waals surface area contributed by atoms with E-state index in [0.29, 0.717) is 31.7 Å². The first-order valence-electron chi connectivity index (χ1n) is 20.9. The average Bonchev–Trinajstić information content (AvgIpc) is 4.07. The van der Waals surface area contributed by atoms with E-state index in [4.69, 9.17) is 0 Å². The Labute approximate surface area is 322 Å². The molecule has 0 bridgehead atoms. The summed E-state index contributed by atoms with van der Waals surface area (Å²) in [6.07, 6.45) is 12.8. The molecule has 0 aromatic heterocycles. The fourth-order valence-electron chi connectivity index (χ4n) is 9.85. The quantitative estimate of drug-likeness (QED) is 0.172. The van der Waals surface area contributed by atoms with Crippen molar-refractivity contribution in [2.45, 2.75) is 173 Å². The fraction of sp³-hybridized carbons (Fsp3) is 0.875. The lowest BCUT2D eigenvalue weighted by atomic mass is 9.70. The lowest BCUT2D eigenvalue weighted by Crippen LogP contribution is -2.65. The third kappa shape index (κ3) is 8.94. The predicted octanol–water partition coefficient (Wildman–Crippen LogP) is 4.00. The number of urea groups is 1. The number of sulfonamides is 1. The molecule has 1 saturated heterocycles. The molecular formula is C40H66N6O7S. The molecule has 5 saturated carbocycles. The van der Waals surface area contributed by atoms with Crippen LogP contribution in [0.15, 0.2) is 0 Å². The topological polar surface area (TPSA) is 174 Å². The number of carbonyl (C=O) groups excluding carboxylic acids is 5. The summed E-state index contributed by atoms with van der Waals surface area (Å²) in [5.74, 6) is -1.81. The molecule has 5 unspecified atom stereocenters. The molecule has 13 nitrogen and oxygen atoms in total. The summed E-state index contributed by atoms with van der Waals surface area (Å²) in [6, 6.07) is -3.54. The molecule has 6 aliphatic rings. The Morgan fingerprint density at radius 1 is 0.852 bits per heavy atom. The third-order valence-electron chi connectivity index (χ3n) is 14.1. The first-order valence-corrected chi connectivity index (χ1v) is 22.5. The monoisotopic (exact) mass is 774 g/mol. The lowest BCUT2D eigenvalue weighted by Gasteiger charge is -2.44. The molecule has 5 atom stereocenters. The van der Waals surface area contributed by atoms with Crippen molar-refractivity contribution < 1.29 is 32.4 Å². The second kappa shape index (κ2) is 15.7. The highest BCUT2D eigenvalue weighted by Gasteiger charge is 2.70. The molecule has 304 valence electrons.